The Morgan fingerprint density at radius 2 is 1.07 bits per heavy atom. The van der Waals surface area contributed by atoms with E-state index < -0.39 is 0 Å². The van der Waals surface area contributed by atoms with Gasteiger partial charge in [0.15, 0.2) is 0 Å². The van der Waals surface area contributed by atoms with Crippen LogP contribution in [-0.2, 0) is 0 Å². The van der Waals surface area contributed by atoms with E-state index in [4.69, 9.17) is 0 Å². The molecule has 0 aromatic heterocycles. The predicted molar refractivity (Wildman–Crippen MR) is 140 cm³/mol. The molecule has 0 rings (SSSR count). The second-order valence-electron chi connectivity index (χ2n) is 9.19. The van der Waals surface area contributed by atoms with Gasteiger partial charge in [0.05, 0.1) is 0 Å². The Morgan fingerprint density at radius 3 is 1.70 bits per heavy atom. The molecule has 1 unspecified atom stereocenters. The van der Waals surface area contributed by atoms with Crippen LogP contribution in [0.4, 0.5) is 0 Å². The Kier molecular flexibility index (Phi) is 25.6. The first-order valence-electron chi connectivity index (χ1n) is 13.6. The van der Waals surface area contributed by atoms with Crippen molar-refractivity contribution in [1.82, 2.24) is 0 Å². The zero-order valence-corrected chi connectivity index (χ0v) is 21.1. The van der Waals surface area contributed by atoms with Crippen molar-refractivity contribution in [3.8, 4) is 0 Å². The second kappa shape index (κ2) is 26.3. The van der Waals surface area contributed by atoms with Crippen molar-refractivity contribution in [3.05, 3.63) is 42.9 Å². The minimum Gasteiger partial charge on any atom is -0.0845 e. The summed E-state index contributed by atoms with van der Waals surface area (Å²) in [5.41, 5.74) is 0. The summed E-state index contributed by atoms with van der Waals surface area (Å²) >= 11 is 0. The van der Waals surface area contributed by atoms with E-state index in [2.05, 4.69) is 63.6 Å². The topological polar surface area (TPSA) is 0 Å². The van der Waals surface area contributed by atoms with Crippen molar-refractivity contribution in [2.45, 2.75) is 143 Å². The van der Waals surface area contributed by atoms with Gasteiger partial charge in [-0.3, -0.25) is 0 Å². The average molecular weight is 416 g/mol. The van der Waals surface area contributed by atoms with E-state index in [1.807, 2.05) is 0 Å². The van der Waals surface area contributed by atoms with Crippen molar-refractivity contribution in [2.24, 2.45) is 5.92 Å². The average Bonchev–Trinajstić information content (AvgIpc) is 2.75. The quantitative estimate of drug-likeness (QED) is 0.115. The highest BCUT2D eigenvalue weighted by atomic mass is 14.0. The van der Waals surface area contributed by atoms with Gasteiger partial charge in [0.25, 0.3) is 0 Å². The molecule has 0 aromatic rings. The number of rotatable bonds is 23. The normalized spacial score (nSPS) is 13.3. The highest BCUT2D eigenvalue weighted by Gasteiger charge is 1.97. The Balaban J connectivity index is 3.40. The lowest BCUT2D eigenvalue weighted by atomic mass is 10.0. The summed E-state index contributed by atoms with van der Waals surface area (Å²) in [5.74, 6) is 0.709. The van der Waals surface area contributed by atoms with E-state index in [0.29, 0.717) is 5.92 Å². The molecule has 0 N–H and O–H groups in total. The van der Waals surface area contributed by atoms with Crippen LogP contribution in [0.15, 0.2) is 36.5 Å². The highest BCUT2D eigenvalue weighted by molar-refractivity contribution is 5.11. The number of allylic oxidation sites excluding steroid dienone is 6. The van der Waals surface area contributed by atoms with Gasteiger partial charge < -0.3 is 0 Å². The third-order valence-corrected chi connectivity index (χ3v) is 5.99. The lowest BCUT2D eigenvalue weighted by molar-refractivity contribution is 0.529. The number of hydrogen-bond donors (Lipinski definition) is 0. The van der Waals surface area contributed by atoms with Crippen LogP contribution in [0, 0.1) is 12.3 Å². The van der Waals surface area contributed by atoms with Crippen LogP contribution in [-0.4, -0.2) is 0 Å². The van der Waals surface area contributed by atoms with Crippen LogP contribution < -0.4 is 0 Å². The molecule has 0 saturated heterocycles. The highest BCUT2D eigenvalue weighted by Crippen LogP contribution is 2.14. The molecule has 0 heteroatoms. The lowest BCUT2D eigenvalue weighted by Crippen LogP contribution is -1.89. The molecule has 0 aromatic carbocycles. The zero-order chi connectivity index (χ0) is 22.0. The van der Waals surface area contributed by atoms with Crippen LogP contribution in [0.5, 0.6) is 0 Å². The second-order valence-corrected chi connectivity index (χ2v) is 9.19. The van der Waals surface area contributed by atoms with E-state index in [-0.39, 0.29) is 0 Å². The molecule has 1 atom stereocenters. The molecule has 0 nitrogen and oxygen atoms in total. The summed E-state index contributed by atoms with van der Waals surface area (Å²) in [7, 11) is 0. The van der Waals surface area contributed by atoms with E-state index >= 15 is 0 Å². The maximum atomic E-state index is 2.42. The molecule has 0 heterocycles. The summed E-state index contributed by atoms with van der Waals surface area (Å²) in [5, 5.41) is 0. The fourth-order valence-corrected chi connectivity index (χ4v) is 3.89. The minimum absolute atomic E-state index is 0.709. The number of hydrogen-bond acceptors (Lipinski definition) is 0. The SMILES string of the molecule is CC[CH]CCCCCCCCCCC(C)C=CC=CC=CCCCCCCCCC. The van der Waals surface area contributed by atoms with Gasteiger partial charge in [0.2, 0.25) is 0 Å². The smallest absolute Gasteiger partial charge is 0.0259 e. The Labute approximate surface area is 191 Å². The van der Waals surface area contributed by atoms with Crippen LogP contribution in [0.25, 0.3) is 0 Å². The molecule has 175 valence electrons. The van der Waals surface area contributed by atoms with Gasteiger partial charge in [-0.15, -0.1) is 0 Å². The Bertz CT molecular complexity index is 387. The molecule has 0 aliphatic heterocycles. The molecule has 0 aliphatic rings. The molecule has 0 bridgehead atoms. The van der Waals surface area contributed by atoms with Crippen LogP contribution in [0.3, 0.4) is 0 Å². The number of unbranched alkanes of at least 4 members (excludes halogenated alkanes) is 17. The largest absolute Gasteiger partial charge is 0.0845 e. The first-order chi connectivity index (χ1) is 14.8. The van der Waals surface area contributed by atoms with Gasteiger partial charge in [-0.1, -0.05) is 160 Å². The fourth-order valence-electron chi connectivity index (χ4n) is 3.89. The van der Waals surface area contributed by atoms with Gasteiger partial charge >= 0.3 is 0 Å². The third-order valence-electron chi connectivity index (χ3n) is 5.99. The van der Waals surface area contributed by atoms with Gasteiger partial charge in [-0.05, 0) is 31.6 Å². The Morgan fingerprint density at radius 1 is 0.533 bits per heavy atom. The molecule has 30 heavy (non-hydrogen) atoms. The Hall–Kier alpha value is -0.780. The molecule has 0 spiro atoms. The summed E-state index contributed by atoms with van der Waals surface area (Å²) in [6, 6.07) is 0. The van der Waals surface area contributed by atoms with Crippen molar-refractivity contribution in [3.63, 3.8) is 0 Å². The molecule has 0 amide bonds. The van der Waals surface area contributed by atoms with Gasteiger partial charge in [-0.2, -0.15) is 0 Å². The maximum Gasteiger partial charge on any atom is -0.0259 e. The van der Waals surface area contributed by atoms with E-state index in [0.717, 1.165) is 0 Å². The van der Waals surface area contributed by atoms with E-state index in [9.17, 15) is 0 Å². The van der Waals surface area contributed by atoms with Gasteiger partial charge in [0.1, 0.15) is 0 Å². The van der Waals surface area contributed by atoms with Gasteiger partial charge in [0, 0.05) is 0 Å². The summed E-state index contributed by atoms with van der Waals surface area (Å²) < 4.78 is 0. The fraction of sp³-hybridized carbons (Fsp3) is 0.767. The lowest BCUT2D eigenvalue weighted by Gasteiger charge is -2.06. The van der Waals surface area contributed by atoms with Crippen molar-refractivity contribution >= 4 is 0 Å². The zero-order valence-electron chi connectivity index (χ0n) is 21.1. The van der Waals surface area contributed by atoms with E-state index in [1.165, 1.54) is 122 Å². The van der Waals surface area contributed by atoms with Gasteiger partial charge in [-0.25, -0.2) is 0 Å². The predicted octanol–water partition coefficient (Wildman–Crippen LogP) is 10.9. The summed E-state index contributed by atoms with van der Waals surface area (Å²) in [6.07, 6.45) is 42.2. The molecule has 1 radical (unpaired) electrons. The summed E-state index contributed by atoms with van der Waals surface area (Å²) in [6.45, 7) is 6.88. The first-order valence-corrected chi connectivity index (χ1v) is 13.6. The maximum absolute atomic E-state index is 2.42. The van der Waals surface area contributed by atoms with E-state index in [1.54, 1.807) is 0 Å². The molecular formula is C30H55. The van der Waals surface area contributed by atoms with Crippen LogP contribution >= 0.6 is 0 Å². The molecule has 0 fully saturated rings. The standard InChI is InChI=1S/C30H55/c1-4-6-8-10-12-14-16-17-19-21-23-25-27-29-30(3)28-26-24-22-20-18-15-13-11-9-7-5-2/h7,19,21,23,25,27,29-30H,4-6,8-18,20,22,24,26,28H2,1-3H3. The van der Waals surface area contributed by atoms with Crippen LogP contribution in [0.1, 0.15) is 143 Å². The molecule has 0 saturated carbocycles. The monoisotopic (exact) mass is 415 g/mol. The van der Waals surface area contributed by atoms with Crippen molar-refractivity contribution in [1.29, 1.82) is 0 Å². The minimum atomic E-state index is 0.709. The third kappa shape index (κ3) is 25.3. The van der Waals surface area contributed by atoms with Crippen molar-refractivity contribution < 1.29 is 0 Å². The molecule has 0 aliphatic carbocycles. The van der Waals surface area contributed by atoms with Crippen LogP contribution in [0.2, 0.25) is 0 Å². The molecular weight excluding hydrogens is 360 g/mol. The van der Waals surface area contributed by atoms with Crippen molar-refractivity contribution in [2.75, 3.05) is 0 Å². The first kappa shape index (κ1) is 29.2. The summed E-state index contributed by atoms with van der Waals surface area (Å²) in [4.78, 5) is 0.